The number of methoxy groups -OCH3 is 1. The topological polar surface area (TPSA) is 96.0 Å². The van der Waals surface area contributed by atoms with Crippen molar-refractivity contribution in [2.45, 2.75) is 52.6 Å². The Bertz CT molecular complexity index is 1140. The van der Waals surface area contributed by atoms with Crippen molar-refractivity contribution >= 4 is 27.5 Å². The molecule has 1 atom stereocenters. The third kappa shape index (κ3) is 9.35. The van der Waals surface area contributed by atoms with Crippen molar-refractivity contribution in [3.63, 3.8) is 0 Å². The molecule has 2 aromatic rings. The Morgan fingerprint density at radius 2 is 1.78 bits per heavy atom. The molecule has 0 spiro atoms. The number of nitrogens with zero attached hydrogens (tertiary/aromatic N) is 2. The summed E-state index contributed by atoms with van der Waals surface area (Å²) in [5.41, 5.74) is 1.14. The third-order valence-electron chi connectivity index (χ3n) is 5.82. The number of carbonyl (C=O) groups excluding carboxylic acids is 2. The van der Waals surface area contributed by atoms with Gasteiger partial charge < -0.3 is 15.0 Å². The largest absolute Gasteiger partial charge is 0.497 e. The van der Waals surface area contributed by atoms with Crippen LogP contribution in [0.2, 0.25) is 0 Å². The number of ether oxygens (including phenoxy) is 1. The number of hydrogen-bond acceptors (Lipinski definition) is 5. The summed E-state index contributed by atoms with van der Waals surface area (Å²) in [6.07, 6.45) is 1.75. The lowest BCUT2D eigenvalue weighted by Crippen LogP contribution is -2.49. The summed E-state index contributed by atoms with van der Waals surface area (Å²) in [7, 11) is -2.09. The average molecular weight is 536 g/mol. The predicted octanol–water partition coefficient (Wildman–Crippen LogP) is 3.96. The van der Waals surface area contributed by atoms with Crippen molar-refractivity contribution < 1.29 is 27.1 Å². The number of sulfonamides is 1. The van der Waals surface area contributed by atoms with E-state index in [2.05, 4.69) is 5.32 Å². The van der Waals surface area contributed by atoms with Crippen LogP contribution >= 0.6 is 0 Å². The lowest BCUT2D eigenvalue weighted by atomic mass is 10.1. The van der Waals surface area contributed by atoms with E-state index in [4.69, 9.17) is 4.74 Å². The molecule has 204 valence electrons. The fraction of sp³-hybridized carbons (Fsp3) is 0.481. The molecule has 2 amide bonds. The van der Waals surface area contributed by atoms with Crippen LogP contribution in [0.4, 0.5) is 10.1 Å². The Labute approximate surface area is 219 Å². The molecule has 37 heavy (non-hydrogen) atoms. The molecule has 0 heterocycles. The van der Waals surface area contributed by atoms with Gasteiger partial charge in [-0.3, -0.25) is 13.9 Å². The lowest BCUT2D eigenvalue weighted by Gasteiger charge is -2.31. The Morgan fingerprint density at radius 3 is 2.35 bits per heavy atom. The first-order chi connectivity index (χ1) is 17.5. The average Bonchev–Trinajstić information content (AvgIpc) is 2.85. The van der Waals surface area contributed by atoms with Crippen molar-refractivity contribution in [1.82, 2.24) is 10.2 Å². The molecule has 0 radical (unpaired) electrons. The highest BCUT2D eigenvalue weighted by molar-refractivity contribution is 7.92. The van der Waals surface area contributed by atoms with Crippen LogP contribution in [0, 0.1) is 11.7 Å². The second kappa shape index (κ2) is 14.0. The summed E-state index contributed by atoms with van der Waals surface area (Å²) in [6.45, 7) is 6.59. The third-order valence-corrected chi connectivity index (χ3v) is 7.02. The summed E-state index contributed by atoms with van der Waals surface area (Å²) >= 11 is 0. The molecular weight excluding hydrogens is 497 g/mol. The van der Waals surface area contributed by atoms with E-state index in [0.29, 0.717) is 24.4 Å². The first kappa shape index (κ1) is 30.1. The maximum Gasteiger partial charge on any atom is 0.242 e. The minimum Gasteiger partial charge on any atom is -0.497 e. The molecule has 0 saturated carbocycles. The van der Waals surface area contributed by atoms with Crippen LogP contribution in [0.15, 0.2) is 48.5 Å². The van der Waals surface area contributed by atoms with E-state index < -0.39 is 21.9 Å². The van der Waals surface area contributed by atoms with Crippen molar-refractivity contribution in [2.75, 3.05) is 30.8 Å². The van der Waals surface area contributed by atoms with Crippen molar-refractivity contribution in [3.05, 3.63) is 59.9 Å². The van der Waals surface area contributed by atoms with Gasteiger partial charge in [-0.15, -0.1) is 0 Å². The maximum atomic E-state index is 13.5. The van der Waals surface area contributed by atoms with E-state index in [1.54, 1.807) is 18.1 Å². The number of anilines is 1. The fourth-order valence-corrected chi connectivity index (χ4v) is 4.89. The zero-order chi connectivity index (χ0) is 27.6. The van der Waals surface area contributed by atoms with Crippen molar-refractivity contribution in [1.29, 1.82) is 0 Å². The summed E-state index contributed by atoms with van der Waals surface area (Å²) < 4.78 is 44.5. The fourth-order valence-electron chi connectivity index (χ4n) is 3.92. The van der Waals surface area contributed by atoms with E-state index in [9.17, 15) is 22.4 Å². The Hall–Kier alpha value is -3.14. The summed E-state index contributed by atoms with van der Waals surface area (Å²) in [4.78, 5) is 28.0. The van der Waals surface area contributed by atoms with Crippen LogP contribution in [0.3, 0.4) is 0 Å². The van der Waals surface area contributed by atoms with Gasteiger partial charge in [0.2, 0.25) is 21.8 Å². The monoisotopic (exact) mass is 535 g/mol. The molecule has 0 aromatic heterocycles. The van der Waals surface area contributed by atoms with Crippen LogP contribution in [-0.4, -0.2) is 57.6 Å². The van der Waals surface area contributed by atoms with Crippen LogP contribution in [0.1, 0.15) is 45.6 Å². The minimum atomic E-state index is -3.65. The molecule has 1 N–H and O–H groups in total. The second-order valence-corrected chi connectivity index (χ2v) is 11.3. The molecule has 0 unspecified atom stereocenters. The molecule has 2 rings (SSSR count). The number of halogens is 1. The molecule has 2 aromatic carbocycles. The van der Waals surface area contributed by atoms with E-state index in [-0.39, 0.29) is 43.7 Å². The highest BCUT2D eigenvalue weighted by Crippen LogP contribution is 2.21. The molecule has 0 aliphatic carbocycles. The molecule has 0 aliphatic rings. The molecule has 10 heteroatoms. The van der Waals surface area contributed by atoms with Crippen LogP contribution in [0.25, 0.3) is 0 Å². The molecular formula is C27H38FN3O5S. The van der Waals surface area contributed by atoms with Crippen LogP contribution in [-0.2, 0) is 26.2 Å². The van der Waals surface area contributed by atoms with Crippen LogP contribution < -0.4 is 14.4 Å². The van der Waals surface area contributed by atoms with Crippen molar-refractivity contribution in [2.24, 2.45) is 5.92 Å². The van der Waals surface area contributed by atoms with Gasteiger partial charge in [0.05, 0.1) is 19.1 Å². The quantitative estimate of drug-likeness (QED) is 0.395. The molecule has 0 fully saturated rings. The molecule has 0 bridgehead atoms. The zero-order valence-corrected chi connectivity index (χ0v) is 23.1. The number of benzene rings is 2. The predicted molar refractivity (Wildman–Crippen MR) is 143 cm³/mol. The van der Waals surface area contributed by atoms with Gasteiger partial charge in [0.15, 0.2) is 0 Å². The van der Waals surface area contributed by atoms with E-state index in [1.165, 1.54) is 24.3 Å². The van der Waals surface area contributed by atoms with E-state index in [1.807, 2.05) is 39.0 Å². The number of amides is 2. The number of hydrogen-bond donors (Lipinski definition) is 1. The SMILES string of the molecule is CC[C@H](C(=O)NCC(C)C)N(Cc1cccc(OC)c1)C(=O)CCCN(c1ccc(F)cc1)S(C)(=O)=O. The molecule has 0 aliphatic heterocycles. The lowest BCUT2D eigenvalue weighted by molar-refractivity contribution is -0.141. The van der Waals surface area contributed by atoms with E-state index >= 15 is 0 Å². The van der Waals surface area contributed by atoms with Gasteiger partial charge in [0.25, 0.3) is 0 Å². The first-order valence-electron chi connectivity index (χ1n) is 12.4. The Morgan fingerprint density at radius 1 is 1.11 bits per heavy atom. The van der Waals surface area contributed by atoms with Gasteiger partial charge in [-0.25, -0.2) is 12.8 Å². The Kier molecular flexibility index (Phi) is 11.4. The van der Waals surface area contributed by atoms with Gasteiger partial charge in [0.1, 0.15) is 17.6 Å². The van der Waals surface area contributed by atoms with Gasteiger partial charge in [0, 0.05) is 26.1 Å². The summed E-state index contributed by atoms with van der Waals surface area (Å²) in [6, 6.07) is 11.8. The molecule has 8 nitrogen and oxygen atoms in total. The van der Waals surface area contributed by atoms with Crippen molar-refractivity contribution in [3.8, 4) is 5.75 Å². The van der Waals surface area contributed by atoms with Gasteiger partial charge >= 0.3 is 0 Å². The van der Waals surface area contributed by atoms with Gasteiger partial charge in [-0.05, 0) is 60.7 Å². The molecule has 0 saturated heterocycles. The summed E-state index contributed by atoms with van der Waals surface area (Å²) in [5.74, 6) is -0.0527. The number of carbonyl (C=O) groups is 2. The zero-order valence-electron chi connectivity index (χ0n) is 22.2. The van der Waals surface area contributed by atoms with E-state index in [0.717, 1.165) is 16.1 Å². The minimum absolute atomic E-state index is 0.0329. The highest BCUT2D eigenvalue weighted by atomic mass is 32.2. The van der Waals surface area contributed by atoms with Crippen LogP contribution in [0.5, 0.6) is 5.75 Å². The highest BCUT2D eigenvalue weighted by Gasteiger charge is 2.29. The number of rotatable bonds is 14. The standard InChI is InChI=1S/C27H38FN3O5S/c1-6-25(27(33)29-18-20(2)3)30(19-21-9-7-10-24(17-21)36-4)26(32)11-8-16-31(37(5,34)35)23-14-12-22(28)13-15-23/h7,9-10,12-15,17,20,25H,6,8,11,16,18-19H2,1-5H3,(H,29,33)/t25-/m1/s1. The normalized spacial score (nSPS) is 12.2. The summed E-state index contributed by atoms with van der Waals surface area (Å²) in [5, 5.41) is 2.92. The second-order valence-electron chi connectivity index (χ2n) is 9.35. The van der Waals surface area contributed by atoms with Gasteiger partial charge in [-0.2, -0.15) is 0 Å². The maximum absolute atomic E-state index is 13.5. The number of nitrogens with one attached hydrogen (secondary N) is 1. The smallest absolute Gasteiger partial charge is 0.242 e. The first-order valence-corrected chi connectivity index (χ1v) is 14.2. The van der Waals surface area contributed by atoms with Gasteiger partial charge in [-0.1, -0.05) is 32.9 Å². The Balaban J connectivity index is 2.22.